The Morgan fingerprint density at radius 2 is 1.87 bits per heavy atom. The molecule has 0 aliphatic carbocycles. The SMILES string of the molecule is CC(C)(C)c1cc(C(F)(F)F)n2nc(C(=O)Nc3ccc([N+](=O)[O-])cc3O)cc2n1. The van der Waals surface area contributed by atoms with Crippen molar-refractivity contribution in [3.8, 4) is 5.75 Å². The maximum Gasteiger partial charge on any atom is 0.433 e. The highest BCUT2D eigenvalue weighted by molar-refractivity contribution is 6.04. The molecule has 0 bridgehead atoms. The molecular formula is C18H16F3N5O4. The zero-order chi connectivity index (χ0) is 22.4. The first-order valence-electron chi connectivity index (χ1n) is 8.54. The molecule has 2 N–H and O–H groups in total. The molecule has 0 unspecified atom stereocenters. The minimum absolute atomic E-state index is 0.165. The standard InChI is InChI=1S/C18H16F3N5O4/c1-17(2,3)13-8-14(18(19,20)21)25-15(23-13)7-11(24-25)16(28)22-10-5-4-9(26(29)30)6-12(10)27/h4-8,27H,1-3H3,(H,22,28). The van der Waals surface area contributed by atoms with Gasteiger partial charge in [-0.15, -0.1) is 0 Å². The number of nitrogens with one attached hydrogen (secondary N) is 1. The normalized spacial score (nSPS) is 12.2. The maximum absolute atomic E-state index is 13.5. The lowest BCUT2D eigenvalue weighted by molar-refractivity contribution is -0.384. The van der Waals surface area contributed by atoms with E-state index in [1.807, 2.05) is 0 Å². The average molecular weight is 423 g/mol. The van der Waals surface area contributed by atoms with Crippen LogP contribution in [0.4, 0.5) is 24.5 Å². The molecule has 30 heavy (non-hydrogen) atoms. The Balaban J connectivity index is 2.03. The Hall–Kier alpha value is -3.70. The molecule has 0 spiro atoms. The van der Waals surface area contributed by atoms with Crippen LogP contribution in [0.25, 0.3) is 5.65 Å². The fourth-order valence-corrected chi connectivity index (χ4v) is 2.60. The van der Waals surface area contributed by atoms with Gasteiger partial charge in [-0.05, 0) is 12.1 Å². The molecule has 3 aromatic rings. The zero-order valence-corrected chi connectivity index (χ0v) is 16.0. The Morgan fingerprint density at radius 3 is 2.40 bits per heavy atom. The number of non-ortho nitro benzene ring substituents is 1. The molecule has 12 heteroatoms. The van der Waals surface area contributed by atoms with Crippen LogP contribution in [-0.2, 0) is 11.6 Å². The van der Waals surface area contributed by atoms with Crippen LogP contribution in [0.15, 0.2) is 30.3 Å². The van der Waals surface area contributed by atoms with E-state index in [2.05, 4.69) is 15.4 Å². The summed E-state index contributed by atoms with van der Waals surface area (Å²) in [5.74, 6) is -1.50. The molecule has 0 aliphatic heterocycles. The number of aromatic hydroxyl groups is 1. The monoisotopic (exact) mass is 423 g/mol. The highest BCUT2D eigenvalue weighted by Crippen LogP contribution is 2.33. The molecule has 0 aliphatic rings. The van der Waals surface area contributed by atoms with Gasteiger partial charge in [0.25, 0.3) is 11.6 Å². The molecule has 0 fully saturated rings. The lowest BCUT2D eigenvalue weighted by Crippen LogP contribution is -2.20. The van der Waals surface area contributed by atoms with Crippen molar-refractivity contribution in [2.45, 2.75) is 32.4 Å². The van der Waals surface area contributed by atoms with E-state index in [4.69, 9.17) is 0 Å². The molecule has 2 heterocycles. The number of nitro groups is 1. The fourth-order valence-electron chi connectivity index (χ4n) is 2.60. The summed E-state index contributed by atoms with van der Waals surface area (Å²) in [5, 5.41) is 26.5. The third-order valence-electron chi connectivity index (χ3n) is 4.16. The second kappa shape index (κ2) is 6.97. The van der Waals surface area contributed by atoms with Crippen molar-refractivity contribution < 1.29 is 28.0 Å². The van der Waals surface area contributed by atoms with Gasteiger partial charge < -0.3 is 10.4 Å². The summed E-state index contributed by atoms with van der Waals surface area (Å²) in [6, 6.07) is 4.94. The number of aromatic nitrogens is 3. The number of hydrogen-bond acceptors (Lipinski definition) is 6. The molecule has 0 radical (unpaired) electrons. The van der Waals surface area contributed by atoms with Gasteiger partial charge in [0.05, 0.1) is 22.4 Å². The van der Waals surface area contributed by atoms with E-state index in [9.17, 15) is 33.2 Å². The minimum atomic E-state index is -4.74. The molecule has 0 saturated carbocycles. The van der Waals surface area contributed by atoms with Crippen LogP contribution in [0.5, 0.6) is 5.75 Å². The fraction of sp³-hybridized carbons (Fsp3) is 0.278. The molecule has 3 rings (SSSR count). The van der Waals surface area contributed by atoms with Gasteiger partial charge in [0, 0.05) is 17.5 Å². The number of carbonyl (C=O) groups is 1. The zero-order valence-electron chi connectivity index (χ0n) is 16.0. The first kappa shape index (κ1) is 21.0. The highest BCUT2D eigenvalue weighted by Gasteiger charge is 2.36. The first-order valence-corrected chi connectivity index (χ1v) is 8.54. The van der Waals surface area contributed by atoms with Crippen LogP contribution in [0, 0.1) is 10.1 Å². The Morgan fingerprint density at radius 1 is 1.20 bits per heavy atom. The van der Waals surface area contributed by atoms with Crippen molar-refractivity contribution >= 4 is 22.9 Å². The number of hydrogen-bond donors (Lipinski definition) is 2. The third kappa shape index (κ3) is 4.02. The van der Waals surface area contributed by atoms with E-state index < -0.39 is 39.6 Å². The van der Waals surface area contributed by atoms with Crippen LogP contribution < -0.4 is 5.32 Å². The first-order chi connectivity index (χ1) is 13.8. The highest BCUT2D eigenvalue weighted by atomic mass is 19.4. The summed E-state index contributed by atoms with van der Waals surface area (Å²) in [5.41, 5.74) is -2.71. The van der Waals surface area contributed by atoms with E-state index in [0.29, 0.717) is 4.52 Å². The van der Waals surface area contributed by atoms with E-state index in [0.717, 1.165) is 30.3 Å². The topological polar surface area (TPSA) is 123 Å². The van der Waals surface area contributed by atoms with Crippen LogP contribution in [0.1, 0.15) is 42.6 Å². The molecule has 1 amide bonds. The summed E-state index contributed by atoms with van der Waals surface area (Å²) >= 11 is 0. The average Bonchev–Trinajstić information content (AvgIpc) is 3.04. The summed E-state index contributed by atoms with van der Waals surface area (Å²) in [6.45, 7) is 5.11. The van der Waals surface area contributed by atoms with Crippen molar-refractivity contribution in [1.29, 1.82) is 0 Å². The number of nitro benzene ring substituents is 1. The number of anilines is 1. The largest absolute Gasteiger partial charge is 0.506 e. The molecular weight excluding hydrogens is 407 g/mol. The predicted molar refractivity (Wildman–Crippen MR) is 99.4 cm³/mol. The summed E-state index contributed by atoms with van der Waals surface area (Å²) < 4.78 is 41.1. The molecule has 0 atom stereocenters. The quantitative estimate of drug-likeness (QED) is 0.374. The summed E-state index contributed by atoms with van der Waals surface area (Å²) in [6.07, 6.45) is -4.74. The van der Waals surface area contributed by atoms with Gasteiger partial charge in [0.2, 0.25) is 0 Å². The second-order valence-corrected chi connectivity index (χ2v) is 7.49. The van der Waals surface area contributed by atoms with Crippen LogP contribution in [0.2, 0.25) is 0 Å². The Labute approximate surface area is 167 Å². The van der Waals surface area contributed by atoms with Gasteiger partial charge in [0.15, 0.2) is 11.3 Å². The third-order valence-corrected chi connectivity index (χ3v) is 4.16. The number of benzene rings is 1. The van der Waals surface area contributed by atoms with E-state index >= 15 is 0 Å². The number of alkyl halides is 3. The number of halogens is 3. The maximum atomic E-state index is 13.5. The van der Waals surface area contributed by atoms with E-state index in [-0.39, 0.29) is 22.7 Å². The van der Waals surface area contributed by atoms with Gasteiger partial charge in [-0.1, -0.05) is 20.8 Å². The van der Waals surface area contributed by atoms with Gasteiger partial charge in [-0.25, -0.2) is 9.50 Å². The minimum Gasteiger partial charge on any atom is -0.506 e. The van der Waals surface area contributed by atoms with Crippen LogP contribution in [0.3, 0.4) is 0 Å². The Kier molecular flexibility index (Phi) is 4.88. The van der Waals surface area contributed by atoms with Gasteiger partial charge in [0.1, 0.15) is 11.4 Å². The number of amides is 1. The van der Waals surface area contributed by atoms with E-state index in [1.165, 1.54) is 0 Å². The summed E-state index contributed by atoms with van der Waals surface area (Å²) in [4.78, 5) is 26.6. The number of carbonyl (C=O) groups excluding carboxylic acids is 1. The van der Waals surface area contributed by atoms with Crippen molar-refractivity contribution in [2.24, 2.45) is 0 Å². The van der Waals surface area contributed by atoms with Crippen molar-refractivity contribution in [1.82, 2.24) is 14.6 Å². The number of fused-ring (bicyclic) bond motifs is 1. The number of phenolic OH excluding ortho intramolecular Hbond substituents is 1. The Bertz CT molecular complexity index is 1170. The molecule has 0 saturated heterocycles. The van der Waals surface area contributed by atoms with Crippen molar-refractivity contribution in [2.75, 3.05) is 5.32 Å². The predicted octanol–water partition coefficient (Wildman–Crippen LogP) is 3.91. The van der Waals surface area contributed by atoms with Crippen LogP contribution >= 0.6 is 0 Å². The summed E-state index contributed by atoms with van der Waals surface area (Å²) in [7, 11) is 0. The van der Waals surface area contributed by atoms with Gasteiger partial charge >= 0.3 is 6.18 Å². The molecule has 158 valence electrons. The van der Waals surface area contributed by atoms with Crippen molar-refractivity contribution in [3.05, 3.63) is 57.5 Å². The van der Waals surface area contributed by atoms with Crippen LogP contribution in [-0.4, -0.2) is 30.5 Å². The molecule has 2 aromatic heterocycles. The lowest BCUT2D eigenvalue weighted by Gasteiger charge is -2.19. The number of rotatable bonds is 3. The lowest BCUT2D eigenvalue weighted by atomic mass is 9.91. The van der Waals surface area contributed by atoms with Gasteiger partial charge in [-0.3, -0.25) is 14.9 Å². The molecule has 1 aromatic carbocycles. The molecule has 9 nitrogen and oxygen atoms in total. The number of nitrogens with zero attached hydrogens (tertiary/aromatic N) is 4. The van der Waals surface area contributed by atoms with Crippen molar-refractivity contribution in [3.63, 3.8) is 0 Å². The van der Waals surface area contributed by atoms with Gasteiger partial charge in [-0.2, -0.15) is 18.3 Å². The second-order valence-electron chi connectivity index (χ2n) is 7.49. The number of phenols is 1. The van der Waals surface area contributed by atoms with E-state index in [1.54, 1.807) is 20.8 Å². The smallest absolute Gasteiger partial charge is 0.433 e.